The highest BCUT2D eigenvalue weighted by molar-refractivity contribution is 5.59. The van der Waals surface area contributed by atoms with Crippen molar-refractivity contribution in [3.63, 3.8) is 0 Å². The number of hydrogen-bond donors (Lipinski definition) is 1. The van der Waals surface area contributed by atoms with Crippen LogP contribution in [0.3, 0.4) is 0 Å². The van der Waals surface area contributed by atoms with Crippen molar-refractivity contribution >= 4 is 11.6 Å². The first kappa shape index (κ1) is 16.5. The number of nitrogens with one attached hydrogen (secondary N) is 1. The lowest BCUT2D eigenvalue weighted by Gasteiger charge is -2.15. The SMILES string of the molecule is Cc1cc(Nc2ncn(-c3ccccc3)n2)c(F)c(OC2CCOC2)c1.[HH]. The van der Waals surface area contributed by atoms with Crippen LogP contribution in [0, 0.1) is 12.7 Å². The Bertz CT molecular complexity index is 898. The van der Waals surface area contributed by atoms with E-state index in [4.69, 9.17) is 9.47 Å². The molecule has 1 unspecified atom stereocenters. The number of ether oxygens (including phenoxy) is 2. The predicted molar refractivity (Wildman–Crippen MR) is 97.7 cm³/mol. The van der Waals surface area contributed by atoms with Gasteiger partial charge in [-0.2, -0.15) is 4.98 Å². The molecule has 1 atom stereocenters. The summed E-state index contributed by atoms with van der Waals surface area (Å²) < 4.78 is 27.5. The van der Waals surface area contributed by atoms with Crippen molar-refractivity contribution in [2.24, 2.45) is 0 Å². The van der Waals surface area contributed by atoms with Crippen LogP contribution in [0.15, 0.2) is 48.8 Å². The van der Waals surface area contributed by atoms with Crippen LogP contribution in [0.2, 0.25) is 0 Å². The summed E-state index contributed by atoms with van der Waals surface area (Å²) in [5.41, 5.74) is 2.04. The zero-order valence-corrected chi connectivity index (χ0v) is 14.4. The van der Waals surface area contributed by atoms with Crippen LogP contribution in [0.25, 0.3) is 5.69 Å². The average molecular weight is 356 g/mol. The van der Waals surface area contributed by atoms with Gasteiger partial charge in [-0.05, 0) is 36.8 Å². The highest BCUT2D eigenvalue weighted by Crippen LogP contribution is 2.30. The molecule has 0 amide bonds. The quantitative estimate of drug-likeness (QED) is 0.752. The molecule has 1 aromatic heterocycles. The minimum atomic E-state index is -0.460. The second-order valence-electron chi connectivity index (χ2n) is 6.20. The molecular formula is C19H21FN4O2. The first-order chi connectivity index (χ1) is 12.7. The summed E-state index contributed by atoms with van der Waals surface area (Å²) >= 11 is 0. The summed E-state index contributed by atoms with van der Waals surface area (Å²) in [5.74, 6) is 0.0672. The number of rotatable bonds is 5. The molecule has 0 saturated carbocycles. The second-order valence-corrected chi connectivity index (χ2v) is 6.20. The van der Waals surface area contributed by atoms with Gasteiger partial charge in [0.2, 0.25) is 5.95 Å². The average Bonchev–Trinajstić information content (AvgIpc) is 3.32. The van der Waals surface area contributed by atoms with E-state index in [-0.39, 0.29) is 19.0 Å². The van der Waals surface area contributed by atoms with Crippen LogP contribution in [0.1, 0.15) is 13.4 Å². The van der Waals surface area contributed by atoms with Gasteiger partial charge in [-0.1, -0.05) is 18.2 Å². The molecule has 4 rings (SSSR count). The summed E-state index contributed by atoms with van der Waals surface area (Å²) in [4.78, 5) is 4.20. The van der Waals surface area contributed by atoms with Crippen molar-refractivity contribution in [2.75, 3.05) is 18.5 Å². The molecule has 0 bridgehead atoms. The van der Waals surface area contributed by atoms with Crippen molar-refractivity contribution < 1.29 is 15.3 Å². The maximum absolute atomic E-state index is 14.8. The Morgan fingerprint density at radius 3 is 2.92 bits per heavy atom. The molecule has 0 aliphatic carbocycles. The van der Waals surface area contributed by atoms with Crippen LogP contribution >= 0.6 is 0 Å². The maximum atomic E-state index is 14.8. The number of benzene rings is 2. The molecule has 2 heterocycles. The molecule has 1 fully saturated rings. The van der Waals surface area contributed by atoms with E-state index in [9.17, 15) is 4.39 Å². The Morgan fingerprint density at radius 1 is 1.31 bits per heavy atom. The minimum Gasteiger partial charge on any atom is -0.485 e. The van der Waals surface area contributed by atoms with E-state index in [1.54, 1.807) is 23.1 Å². The van der Waals surface area contributed by atoms with Crippen LogP contribution in [0.5, 0.6) is 5.75 Å². The van der Waals surface area contributed by atoms with Crippen LogP contribution < -0.4 is 10.1 Å². The van der Waals surface area contributed by atoms with Gasteiger partial charge in [0.15, 0.2) is 11.6 Å². The van der Waals surface area contributed by atoms with Gasteiger partial charge in [0, 0.05) is 7.85 Å². The molecule has 7 heteroatoms. The Kier molecular flexibility index (Phi) is 4.53. The normalized spacial score (nSPS) is 16.6. The standard InChI is InChI=1S/C19H19FN4O2.H2/c1-13-9-16(18(20)17(10-13)26-15-7-8-25-11-15)22-19-21-12-24(23-19)14-5-3-2-4-6-14;/h2-6,9-10,12,15H,7-8,11H2,1H3,(H,22,23);1H. The third kappa shape index (κ3) is 3.52. The molecule has 0 spiro atoms. The number of anilines is 2. The number of halogens is 1. The first-order valence-electron chi connectivity index (χ1n) is 8.48. The Morgan fingerprint density at radius 2 is 2.15 bits per heavy atom. The molecule has 0 radical (unpaired) electrons. The summed E-state index contributed by atoms with van der Waals surface area (Å²) in [6, 6.07) is 13.0. The number of aryl methyl sites for hydroxylation is 1. The molecule has 26 heavy (non-hydrogen) atoms. The van der Waals surface area contributed by atoms with E-state index in [0.29, 0.717) is 19.2 Å². The van der Waals surface area contributed by atoms with E-state index in [0.717, 1.165) is 17.7 Å². The molecule has 1 saturated heterocycles. The van der Waals surface area contributed by atoms with Crippen molar-refractivity contribution in [3.05, 3.63) is 60.2 Å². The highest BCUT2D eigenvalue weighted by atomic mass is 19.1. The molecule has 1 aliphatic heterocycles. The fraction of sp³-hybridized carbons (Fsp3) is 0.263. The van der Waals surface area contributed by atoms with Gasteiger partial charge in [0.25, 0.3) is 0 Å². The van der Waals surface area contributed by atoms with E-state index in [2.05, 4.69) is 15.4 Å². The smallest absolute Gasteiger partial charge is 0.247 e. The van der Waals surface area contributed by atoms with Gasteiger partial charge in [0.05, 0.1) is 24.6 Å². The van der Waals surface area contributed by atoms with Gasteiger partial charge in [-0.3, -0.25) is 0 Å². The van der Waals surface area contributed by atoms with Crippen LogP contribution in [0.4, 0.5) is 16.0 Å². The Balaban J connectivity index is 0.00000210. The van der Waals surface area contributed by atoms with Crippen molar-refractivity contribution in [1.29, 1.82) is 0 Å². The summed E-state index contributed by atoms with van der Waals surface area (Å²) in [5, 5.41) is 7.29. The van der Waals surface area contributed by atoms with Crippen LogP contribution in [-0.4, -0.2) is 34.1 Å². The van der Waals surface area contributed by atoms with E-state index in [1.165, 1.54) is 0 Å². The summed E-state index contributed by atoms with van der Waals surface area (Å²) in [6.45, 7) is 3.02. The van der Waals surface area contributed by atoms with Crippen molar-refractivity contribution in [3.8, 4) is 11.4 Å². The largest absolute Gasteiger partial charge is 0.485 e. The number of hydrogen-bond acceptors (Lipinski definition) is 5. The highest BCUT2D eigenvalue weighted by Gasteiger charge is 2.21. The molecular weight excluding hydrogens is 335 g/mol. The van der Waals surface area contributed by atoms with E-state index < -0.39 is 5.82 Å². The fourth-order valence-electron chi connectivity index (χ4n) is 2.84. The Labute approximate surface area is 152 Å². The first-order valence-corrected chi connectivity index (χ1v) is 8.48. The molecule has 1 N–H and O–H groups in total. The van der Waals surface area contributed by atoms with E-state index in [1.807, 2.05) is 37.3 Å². The minimum absolute atomic E-state index is 0. The summed E-state index contributed by atoms with van der Waals surface area (Å²) in [7, 11) is 0. The molecule has 3 aromatic rings. The van der Waals surface area contributed by atoms with Gasteiger partial charge >= 0.3 is 0 Å². The monoisotopic (exact) mass is 356 g/mol. The number of para-hydroxylation sites is 1. The van der Waals surface area contributed by atoms with Gasteiger partial charge in [0.1, 0.15) is 12.4 Å². The molecule has 136 valence electrons. The van der Waals surface area contributed by atoms with Gasteiger partial charge in [-0.15, -0.1) is 5.10 Å². The lowest BCUT2D eigenvalue weighted by Crippen LogP contribution is -2.17. The molecule has 2 aromatic carbocycles. The van der Waals surface area contributed by atoms with Crippen molar-refractivity contribution in [2.45, 2.75) is 19.4 Å². The van der Waals surface area contributed by atoms with Gasteiger partial charge in [-0.25, -0.2) is 9.07 Å². The lowest BCUT2D eigenvalue weighted by molar-refractivity contribution is 0.138. The van der Waals surface area contributed by atoms with Gasteiger partial charge < -0.3 is 14.8 Å². The number of nitrogens with zero attached hydrogens (tertiary/aromatic N) is 3. The fourth-order valence-corrected chi connectivity index (χ4v) is 2.84. The molecule has 1 aliphatic rings. The third-order valence-electron chi connectivity index (χ3n) is 4.12. The molecule has 6 nitrogen and oxygen atoms in total. The van der Waals surface area contributed by atoms with E-state index >= 15 is 0 Å². The topological polar surface area (TPSA) is 61.2 Å². The predicted octanol–water partition coefficient (Wildman–Crippen LogP) is 3.87. The maximum Gasteiger partial charge on any atom is 0.247 e. The third-order valence-corrected chi connectivity index (χ3v) is 4.12. The van der Waals surface area contributed by atoms with Crippen LogP contribution in [-0.2, 0) is 4.74 Å². The van der Waals surface area contributed by atoms with Crippen molar-refractivity contribution in [1.82, 2.24) is 14.8 Å². The lowest BCUT2D eigenvalue weighted by atomic mass is 10.2. The second kappa shape index (κ2) is 7.13. The zero-order valence-electron chi connectivity index (χ0n) is 14.4. The number of aromatic nitrogens is 3. The Hall–Kier alpha value is -2.93. The zero-order chi connectivity index (χ0) is 17.9. The summed E-state index contributed by atoms with van der Waals surface area (Å²) in [6.07, 6.45) is 2.23.